The Morgan fingerprint density at radius 3 is 2.75 bits per heavy atom. The highest BCUT2D eigenvalue weighted by atomic mass is 32.2. The SMILES string of the molecule is Cc1cc(Nc2cc(C(F)(F)F)ccn2)nc(C2C=NC(C3(O)CCc4c(C(=O)O)cccc43)S2)c1. The number of carboxylic acid groups (broad SMARTS) is 1. The number of aromatic nitrogens is 2. The van der Waals surface area contributed by atoms with Gasteiger partial charge >= 0.3 is 12.1 Å². The second-order valence-corrected chi connectivity index (χ2v) is 10.0. The maximum atomic E-state index is 13.1. The number of thioether (sulfide) groups is 1. The number of pyridine rings is 2. The fourth-order valence-corrected chi connectivity index (χ4v) is 5.92. The molecule has 2 aromatic heterocycles. The summed E-state index contributed by atoms with van der Waals surface area (Å²) in [5.41, 5.74) is 0.721. The number of fused-ring (bicyclic) bond motifs is 1. The minimum atomic E-state index is -4.49. The third-order valence-corrected chi connectivity index (χ3v) is 7.72. The molecule has 11 heteroatoms. The molecule has 0 fully saturated rings. The normalized spacial score (nSPS) is 23.0. The van der Waals surface area contributed by atoms with Crippen LogP contribution >= 0.6 is 11.8 Å². The molecule has 1 aromatic carbocycles. The van der Waals surface area contributed by atoms with Gasteiger partial charge in [-0.3, -0.25) is 4.99 Å². The number of aliphatic hydroxyl groups is 1. The number of anilines is 2. The van der Waals surface area contributed by atoms with E-state index in [0.29, 0.717) is 35.5 Å². The van der Waals surface area contributed by atoms with Crippen LogP contribution in [0.3, 0.4) is 0 Å². The molecule has 1 aliphatic heterocycles. The van der Waals surface area contributed by atoms with Crippen molar-refractivity contribution < 1.29 is 28.2 Å². The van der Waals surface area contributed by atoms with Crippen LogP contribution in [0.1, 0.15) is 50.0 Å². The summed E-state index contributed by atoms with van der Waals surface area (Å²) in [6.45, 7) is 1.85. The number of nitrogens with zero attached hydrogens (tertiary/aromatic N) is 3. The Bertz CT molecular complexity index is 1380. The Labute approximate surface area is 208 Å². The van der Waals surface area contributed by atoms with Gasteiger partial charge in [-0.25, -0.2) is 14.8 Å². The summed E-state index contributed by atoms with van der Waals surface area (Å²) in [5.74, 6) is -0.674. The smallest absolute Gasteiger partial charge is 0.416 e. The molecule has 3 N–H and O–H groups in total. The minimum Gasteiger partial charge on any atom is -0.478 e. The van der Waals surface area contributed by atoms with Gasteiger partial charge < -0.3 is 15.5 Å². The van der Waals surface area contributed by atoms with Crippen molar-refractivity contribution in [1.82, 2.24) is 9.97 Å². The molecule has 3 aromatic rings. The molecule has 2 aliphatic rings. The quantitative estimate of drug-likeness (QED) is 0.426. The molecule has 36 heavy (non-hydrogen) atoms. The highest BCUT2D eigenvalue weighted by Crippen LogP contribution is 2.50. The Morgan fingerprint density at radius 2 is 2.00 bits per heavy atom. The molecule has 0 radical (unpaired) electrons. The molecular weight excluding hydrogens is 493 g/mol. The van der Waals surface area contributed by atoms with E-state index in [9.17, 15) is 28.2 Å². The predicted octanol–water partition coefficient (Wildman–Crippen LogP) is 5.26. The summed E-state index contributed by atoms with van der Waals surface area (Å²) in [7, 11) is 0. The molecule has 0 saturated heterocycles. The highest BCUT2D eigenvalue weighted by molar-refractivity contribution is 8.01. The maximum absolute atomic E-state index is 13.1. The Morgan fingerprint density at radius 1 is 1.19 bits per heavy atom. The monoisotopic (exact) mass is 514 g/mol. The predicted molar refractivity (Wildman–Crippen MR) is 130 cm³/mol. The van der Waals surface area contributed by atoms with Crippen molar-refractivity contribution >= 4 is 35.6 Å². The first-order valence-corrected chi connectivity index (χ1v) is 12.0. The van der Waals surface area contributed by atoms with Gasteiger partial charge in [0.2, 0.25) is 0 Å². The number of alkyl halides is 3. The molecule has 186 valence electrons. The number of carboxylic acids is 1. The Hall–Kier alpha value is -3.44. The number of halogens is 3. The van der Waals surface area contributed by atoms with Crippen molar-refractivity contribution in [3.8, 4) is 0 Å². The summed E-state index contributed by atoms with van der Waals surface area (Å²) >= 11 is 1.39. The van der Waals surface area contributed by atoms with Crippen molar-refractivity contribution in [1.29, 1.82) is 0 Å². The average Bonchev–Trinajstić information content (AvgIpc) is 3.45. The zero-order valence-electron chi connectivity index (χ0n) is 19.0. The van der Waals surface area contributed by atoms with Crippen LogP contribution in [0.25, 0.3) is 0 Å². The molecule has 0 spiro atoms. The Balaban J connectivity index is 1.37. The zero-order chi connectivity index (χ0) is 25.7. The van der Waals surface area contributed by atoms with E-state index < -0.39 is 28.7 Å². The van der Waals surface area contributed by atoms with Crippen molar-refractivity contribution in [2.75, 3.05) is 5.32 Å². The molecule has 7 nitrogen and oxygen atoms in total. The summed E-state index contributed by atoms with van der Waals surface area (Å²) < 4.78 is 39.2. The number of nitrogens with one attached hydrogen (secondary N) is 1. The second-order valence-electron chi connectivity index (χ2n) is 8.78. The molecule has 3 atom stereocenters. The van der Waals surface area contributed by atoms with Crippen LogP contribution in [0.2, 0.25) is 0 Å². The topological polar surface area (TPSA) is 108 Å². The van der Waals surface area contributed by atoms with E-state index in [0.717, 1.165) is 23.9 Å². The highest BCUT2D eigenvalue weighted by Gasteiger charge is 2.47. The molecule has 1 aliphatic carbocycles. The number of aliphatic imine (C=N–C) groups is 1. The summed E-state index contributed by atoms with van der Waals surface area (Å²) in [4.78, 5) is 24.7. The fourth-order valence-electron chi connectivity index (χ4n) is 4.63. The number of benzene rings is 1. The number of hydrogen-bond donors (Lipinski definition) is 3. The largest absolute Gasteiger partial charge is 0.478 e. The number of carbonyl (C=O) groups is 1. The van der Waals surface area contributed by atoms with Gasteiger partial charge in [0.05, 0.1) is 22.1 Å². The summed E-state index contributed by atoms with van der Waals surface area (Å²) in [6, 6.07) is 10.3. The van der Waals surface area contributed by atoms with Gasteiger partial charge in [0.15, 0.2) is 0 Å². The fraction of sp³-hybridized carbons (Fsp3) is 0.280. The molecule has 0 saturated carbocycles. The van der Waals surface area contributed by atoms with Crippen molar-refractivity contribution in [3.05, 3.63) is 82.2 Å². The van der Waals surface area contributed by atoms with Gasteiger partial charge in [-0.1, -0.05) is 12.1 Å². The van der Waals surface area contributed by atoms with Crippen molar-refractivity contribution in [3.63, 3.8) is 0 Å². The minimum absolute atomic E-state index is 0.0191. The molecule has 3 unspecified atom stereocenters. The van der Waals surface area contributed by atoms with E-state index in [4.69, 9.17) is 0 Å². The lowest BCUT2D eigenvalue weighted by molar-refractivity contribution is -0.137. The van der Waals surface area contributed by atoms with Gasteiger partial charge in [-0.05, 0) is 66.8 Å². The van der Waals surface area contributed by atoms with E-state index >= 15 is 0 Å². The third-order valence-electron chi connectivity index (χ3n) is 6.29. The summed E-state index contributed by atoms with van der Waals surface area (Å²) in [5, 5.41) is 23.0. The van der Waals surface area contributed by atoms with Crippen LogP contribution in [0.4, 0.5) is 24.8 Å². The number of rotatable bonds is 5. The molecular formula is C25H21F3N4O3S. The van der Waals surface area contributed by atoms with Crippen LogP contribution in [0, 0.1) is 6.92 Å². The average molecular weight is 515 g/mol. The van der Waals surface area contributed by atoms with Crippen LogP contribution in [-0.4, -0.2) is 37.7 Å². The van der Waals surface area contributed by atoms with Gasteiger partial charge in [-0.15, -0.1) is 11.8 Å². The van der Waals surface area contributed by atoms with E-state index in [1.165, 1.54) is 17.8 Å². The van der Waals surface area contributed by atoms with Crippen molar-refractivity contribution in [2.45, 2.75) is 42.2 Å². The molecule has 0 amide bonds. The standard InChI is InChI=1S/C25H21F3N4O3S/c1-13-9-18(31-21(10-13)32-20-11-14(6-8-29-20)25(26,27)28)19-12-30-23(36-19)24(35)7-5-15-16(22(33)34)3-2-4-17(15)24/h2-4,6,8-12,19,23,35H,5,7H2,1H3,(H,33,34)(H,29,31,32). The van der Waals surface area contributed by atoms with Gasteiger partial charge in [0, 0.05) is 12.4 Å². The van der Waals surface area contributed by atoms with Crippen molar-refractivity contribution in [2.24, 2.45) is 4.99 Å². The van der Waals surface area contributed by atoms with Gasteiger partial charge in [-0.2, -0.15) is 13.2 Å². The van der Waals surface area contributed by atoms with E-state index in [1.807, 2.05) is 13.0 Å². The first kappa shape index (κ1) is 24.3. The van der Waals surface area contributed by atoms with Crippen LogP contribution in [-0.2, 0) is 18.2 Å². The molecule has 3 heterocycles. The van der Waals surface area contributed by atoms with E-state index in [-0.39, 0.29) is 16.6 Å². The van der Waals surface area contributed by atoms with E-state index in [2.05, 4.69) is 20.3 Å². The number of aryl methyl sites for hydroxylation is 1. The lowest BCUT2D eigenvalue weighted by atomic mass is 9.94. The third kappa shape index (κ3) is 4.44. The number of aromatic carboxylic acids is 1. The number of hydrogen-bond acceptors (Lipinski definition) is 7. The first-order valence-electron chi connectivity index (χ1n) is 11.1. The lowest BCUT2D eigenvalue weighted by Crippen LogP contribution is -2.33. The zero-order valence-corrected chi connectivity index (χ0v) is 19.8. The van der Waals surface area contributed by atoms with E-state index in [1.54, 1.807) is 24.4 Å². The lowest BCUT2D eigenvalue weighted by Gasteiger charge is -2.29. The summed E-state index contributed by atoms with van der Waals surface area (Å²) in [6.07, 6.45) is -0.918. The second kappa shape index (κ2) is 8.90. The Kier molecular flexibility index (Phi) is 6.00. The van der Waals surface area contributed by atoms with Crippen LogP contribution in [0.5, 0.6) is 0 Å². The van der Waals surface area contributed by atoms with Crippen LogP contribution in [0.15, 0.2) is 53.7 Å². The molecule has 5 rings (SSSR count). The van der Waals surface area contributed by atoms with Crippen LogP contribution < -0.4 is 5.32 Å². The van der Waals surface area contributed by atoms with Gasteiger partial charge in [0.1, 0.15) is 22.6 Å². The maximum Gasteiger partial charge on any atom is 0.416 e. The first-order chi connectivity index (χ1) is 17.0. The van der Waals surface area contributed by atoms with Gasteiger partial charge in [0.25, 0.3) is 0 Å². The molecule has 0 bridgehead atoms.